The number of carbonyl (C=O) groups excluding carboxylic acids is 1. The third kappa shape index (κ3) is 3.09. The van der Waals surface area contributed by atoms with Gasteiger partial charge in [0.15, 0.2) is 0 Å². The van der Waals surface area contributed by atoms with Gasteiger partial charge in [0, 0.05) is 22.3 Å². The molecule has 3 aromatic heterocycles. The molecule has 0 aliphatic carbocycles. The van der Waals surface area contributed by atoms with E-state index in [2.05, 4.69) is 0 Å². The lowest BCUT2D eigenvalue weighted by Crippen LogP contribution is -2.42. The molecule has 3 heterocycles. The van der Waals surface area contributed by atoms with Gasteiger partial charge in [-0.05, 0) is 25.1 Å². The molecule has 7 nitrogen and oxygen atoms in total. The molecule has 0 bridgehead atoms. The highest BCUT2D eigenvalue weighted by Crippen LogP contribution is 2.19. The first-order valence-corrected chi connectivity index (χ1v) is 9.26. The van der Waals surface area contributed by atoms with E-state index in [1.807, 2.05) is 31.2 Å². The maximum absolute atomic E-state index is 13.2. The molecular formula is C21H18ClN4O3+. The average molecular weight is 410 g/mol. The number of hydrogen-bond acceptors (Lipinski definition) is 5. The molecule has 0 spiro atoms. The van der Waals surface area contributed by atoms with Crippen molar-refractivity contribution in [3.8, 4) is 0 Å². The Labute approximate surface area is 170 Å². The molecule has 0 atom stereocenters. The van der Waals surface area contributed by atoms with Crippen molar-refractivity contribution in [3.63, 3.8) is 0 Å². The highest BCUT2D eigenvalue weighted by Gasteiger charge is 2.25. The highest BCUT2D eigenvalue weighted by atomic mass is 35.5. The van der Waals surface area contributed by atoms with Gasteiger partial charge in [0.2, 0.25) is 11.5 Å². The van der Waals surface area contributed by atoms with Crippen molar-refractivity contribution in [2.45, 2.75) is 13.5 Å². The Morgan fingerprint density at radius 3 is 2.76 bits per heavy atom. The minimum Gasteiger partial charge on any atom is -0.465 e. The summed E-state index contributed by atoms with van der Waals surface area (Å²) in [5, 5.41) is 0.805. The van der Waals surface area contributed by atoms with Gasteiger partial charge in [0.25, 0.3) is 11.2 Å². The van der Waals surface area contributed by atoms with Crippen molar-refractivity contribution >= 4 is 40.1 Å². The molecule has 29 heavy (non-hydrogen) atoms. The number of anilines is 1. The number of benzene rings is 1. The number of ether oxygens (including phenoxy) is 1. The van der Waals surface area contributed by atoms with Crippen LogP contribution in [0.2, 0.25) is 5.02 Å². The van der Waals surface area contributed by atoms with Crippen LogP contribution in [0.1, 0.15) is 21.5 Å². The minimum atomic E-state index is -0.633. The third-order valence-corrected chi connectivity index (χ3v) is 5.24. The monoisotopic (exact) mass is 409 g/mol. The zero-order valence-electron chi connectivity index (χ0n) is 15.8. The van der Waals surface area contributed by atoms with Gasteiger partial charge >= 0.3 is 5.97 Å². The van der Waals surface area contributed by atoms with E-state index in [0.29, 0.717) is 16.3 Å². The maximum Gasteiger partial charge on any atom is 0.344 e. The summed E-state index contributed by atoms with van der Waals surface area (Å²) >= 11 is 6.33. The fourth-order valence-electron chi connectivity index (χ4n) is 3.34. The number of esters is 1. The van der Waals surface area contributed by atoms with Crippen LogP contribution in [0.25, 0.3) is 16.7 Å². The molecule has 0 amide bonds. The largest absolute Gasteiger partial charge is 0.465 e. The topological polar surface area (TPSA) is 90.6 Å². The number of fused-ring (bicyclic) bond motifs is 2. The van der Waals surface area contributed by atoms with E-state index in [-0.39, 0.29) is 28.9 Å². The van der Waals surface area contributed by atoms with Crippen LogP contribution in [-0.2, 0) is 11.3 Å². The summed E-state index contributed by atoms with van der Waals surface area (Å²) in [7, 11) is 1.26. The van der Waals surface area contributed by atoms with E-state index < -0.39 is 5.97 Å². The minimum absolute atomic E-state index is 0.0959. The SMILES string of the molecule is COC(=O)c1cc2c(=O)n3cccc(C)c3nc2[n+](Cc2ccccc2Cl)c1N. The Bertz CT molecular complexity index is 1350. The van der Waals surface area contributed by atoms with Crippen LogP contribution in [-0.4, -0.2) is 22.5 Å². The lowest BCUT2D eigenvalue weighted by Gasteiger charge is -2.12. The number of aryl methyl sites for hydroxylation is 1. The summed E-state index contributed by atoms with van der Waals surface area (Å²) in [5.41, 5.74) is 8.63. The summed E-state index contributed by atoms with van der Waals surface area (Å²) in [6, 6.07) is 12.4. The molecule has 1 aromatic carbocycles. The van der Waals surface area contributed by atoms with Gasteiger partial charge in [-0.25, -0.2) is 9.36 Å². The van der Waals surface area contributed by atoms with Gasteiger partial charge in [-0.15, -0.1) is 0 Å². The molecule has 0 radical (unpaired) electrons. The zero-order chi connectivity index (χ0) is 20.7. The number of methoxy groups -OCH3 is 1. The van der Waals surface area contributed by atoms with Crippen molar-refractivity contribution in [1.29, 1.82) is 0 Å². The lowest BCUT2D eigenvalue weighted by atomic mass is 10.1. The number of nitrogens with two attached hydrogens (primary N) is 1. The summed E-state index contributed by atoms with van der Waals surface area (Å²) in [4.78, 5) is 30.2. The number of nitrogens with zero attached hydrogens (tertiary/aromatic N) is 3. The first-order valence-electron chi connectivity index (χ1n) is 8.88. The second kappa shape index (κ2) is 7.18. The summed E-state index contributed by atoms with van der Waals surface area (Å²) in [6.45, 7) is 2.11. The number of carbonyl (C=O) groups is 1. The summed E-state index contributed by atoms with van der Waals surface area (Å²) in [5.74, 6) is -0.486. The Morgan fingerprint density at radius 1 is 1.28 bits per heavy atom. The number of halogens is 1. The predicted octanol–water partition coefficient (Wildman–Crippen LogP) is 2.51. The number of hydrogen-bond donors (Lipinski definition) is 1. The molecule has 8 heteroatoms. The molecule has 4 rings (SSSR count). The number of rotatable bonds is 3. The van der Waals surface area contributed by atoms with Gasteiger partial charge in [0.1, 0.15) is 10.9 Å². The number of pyridine rings is 2. The normalized spacial score (nSPS) is 11.1. The Hall–Kier alpha value is -3.45. The van der Waals surface area contributed by atoms with Gasteiger partial charge in [0.05, 0.1) is 13.7 Å². The van der Waals surface area contributed by atoms with Crippen LogP contribution in [0, 0.1) is 6.92 Å². The smallest absolute Gasteiger partial charge is 0.344 e. The molecule has 0 fully saturated rings. The quantitative estimate of drug-likeness (QED) is 0.319. The highest BCUT2D eigenvalue weighted by molar-refractivity contribution is 6.31. The second-order valence-electron chi connectivity index (χ2n) is 6.65. The van der Waals surface area contributed by atoms with Crippen molar-refractivity contribution in [3.05, 3.63) is 80.7 Å². The molecule has 0 unspecified atom stereocenters. The van der Waals surface area contributed by atoms with Crippen LogP contribution < -0.4 is 15.9 Å². The van der Waals surface area contributed by atoms with E-state index >= 15 is 0 Å². The Balaban J connectivity index is 2.13. The van der Waals surface area contributed by atoms with Crippen molar-refractivity contribution in [2.24, 2.45) is 0 Å². The van der Waals surface area contributed by atoms with Crippen LogP contribution in [0.4, 0.5) is 5.82 Å². The van der Waals surface area contributed by atoms with E-state index in [9.17, 15) is 9.59 Å². The first-order chi connectivity index (χ1) is 13.9. The molecule has 0 aliphatic rings. The zero-order valence-corrected chi connectivity index (χ0v) is 16.6. The molecule has 146 valence electrons. The van der Waals surface area contributed by atoms with Crippen molar-refractivity contribution < 1.29 is 14.1 Å². The summed E-state index contributed by atoms with van der Waals surface area (Å²) < 4.78 is 7.93. The molecule has 0 aliphatic heterocycles. The fraction of sp³-hybridized carbons (Fsp3) is 0.143. The van der Waals surface area contributed by atoms with Gasteiger partial charge in [-0.3, -0.25) is 9.20 Å². The van der Waals surface area contributed by atoms with Gasteiger partial charge in [-0.1, -0.05) is 40.9 Å². The fourth-order valence-corrected chi connectivity index (χ4v) is 3.54. The van der Waals surface area contributed by atoms with E-state index in [0.717, 1.165) is 11.1 Å². The standard InChI is InChI=1S/C21H17ClN4O3/c1-12-6-5-9-25-18(12)24-19-15(20(25)27)10-14(21(28)29-2)17(23)26(19)11-13-7-3-4-8-16(13)22/h3-10,23H,11H2,1-2H3/p+1. The van der Waals surface area contributed by atoms with Crippen LogP contribution >= 0.6 is 11.6 Å². The lowest BCUT2D eigenvalue weighted by molar-refractivity contribution is -0.649. The van der Waals surface area contributed by atoms with E-state index in [1.54, 1.807) is 22.9 Å². The Morgan fingerprint density at radius 2 is 2.03 bits per heavy atom. The van der Waals surface area contributed by atoms with Crippen molar-refractivity contribution in [1.82, 2.24) is 9.38 Å². The average Bonchev–Trinajstić information content (AvgIpc) is 2.72. The predicted molar refractivity (Wildman–Crippen MR) is 110 cm³/mol. The third-order valence-electron chi connectivity index (χ3n) is 4.87. The van der Waals surface area contributed by atoms with Crippen LogP contribution in [0.5, 0.6) is 0 Å². The molecule has 4 aromatic rings. The van der Waals surface area contributed by atoms with Gasteiger partial charge in [-0.2, -0.15) is 0 Å². The van der Waals surface area contributed by atoms with E-state index in [4.69, 9.17) is 27.1 Å². The number of nitrogen functional groups attached to an aromatic ring is 1. The van der Waals surface area contributed by atoms with Crippen LogP contribution in [0.15, 0.2) is 53.5 Å². The van der Waals surface area contributed by atoms with Crippen molar-refractivity contribution in [2.75, 3.05) is 12.8 Å². The first kappa shape index (κ1) is 18.9. The van der Waals surface area contributed by atoms with E-state index in [1.165, 1.54) is 17.6 Å². The molecule has 2 N–H and O–H groups in total. The van der Waals surface area contributed by atoms with Gasteiger partial charge < -0.3 is 10.5 Å². The molecular weight excluding hydrogens is 392 g/mol. The molecule has 0 saturated carbocycles. The summed E-state index contributed by atoms with van der Waals surface area (Å²) in [6.07, 6.45) is 1.64. The number of aromatic nitrogens is 3. The van der Waals surface area contributed by atoms with Crippen LogP contribution in [0.3, 0.4) is 0 Å². The molecule has 0 saturated heterocycles. The Kier molecular flexibility index (Phi) is 4.68. The maximum atomic E-state index is 13.2. The second-order valence-corrected chi connectivity index (χ2v) is 7.06.